The molecule has 3 rings (SSSR count). The molecule has 1 aromatic heterocycles. The molecule has 0 amide bonds. The molecular formula is C20H21ClN2O2. The largest absolute Gasteiger partial charge is 0.476 e. The van der Waals surface area contributed by atoms with Crippen LogP contribution in [0.25, 0.3) is 10.8 Å². The van der Waals surface area contributed by atoms with E-state index in [2.05, 4.69) is 37.0 Å². The van der Waals surface area contributed by atoms with E-state index in [-0.39, 0.29) is 10.8 Å². The molecule has 3 aromatic rings. The Balaban J connectivity index is 2.11. The number of halogens is 1. The summed E-state index contributed by atoms with van der Waals surface area (Å²) in [7, 11) is 0. The quantitative estimate of drug-likeness (QED) is 0.669. The van der Waals surface area contributed by atoms with Crippen molar-refractivity contribution < 1.29 is 9.90 Å². The molecule has 0 saturated carbocycles. The van der Waals surface area contributed by atoms with Gasteiger partial charge in [-0.1, -0.05) is 61.3 Å². The number of benzene rings is 2. The van der Waals surface area contributed by atoms with Crippen molar-refractivity contribution in [1.82, 2.24) is 9.55 Å². The van der Waals surface area contributed by atoms with Gasteiger partial charge < -0.3 is 9.67 Å². The second-order valence-electron chi connectivity index (χ2n) is 6.25. The number of hydrogen-bond donors (Lipinski definition) is 1. The summed E-state index contributed by atoms with van der Waals surface area (Å²) in [6.07, 6.45) is 2.68. The second kappa shape index (κ2) is 7.28. The van der Waals surface area contributed by atoms with Crippen molar-refractivity contribution in [2.45, 2.75) is 39.7 Å². The maximum atomic E-state index is 11.7. The number of carboxylic acids is 1. The summed E-state index contributed by atoms with van der Waals surface area (Å²) in [6.45, 7) is 4.62. The monoisotopic (exact) mass is 356 g/mol. The average molecular weight is 357 g/mol. The van der Waals surface area contributed by atoms with Gasteiger partial charge in [0.1, 0.15) is 5.82 Å². The number of aromatic carboxylic acids is 1. The van der Waals surface area contributed by atoms with Gasteiger partial charge in [-0.2, -0.15) is 0 Å². The number of aryl methyl sites for hydroxylation is 2. The summed E-state index contributed by atoms with van der Waals surface area (Å²) in [5, 5.41) is 11.9. The number of fused-ring (bicyclic) bond motifs is 1. The average Bonchev–Trinajstić information content (AvgIpc) is 2.89. The number of nitrogens with zero attached hydrogens (tertiary/aromatic N) is 2. The van der Waals surface area contributed by atoms with E-state index in [9.17, 15) is 9.90 Å². The predicted molar refractivity (Wildman–Crippen MR) is 101 cm³/mol. The maximum absolute atomic E-state index is 11.7. The summed E-state index contributed by atoms with van der Waals surface area (Å²) in [5.41, 5.74) is 2.33. The summed E-state index contributed by atoms with van der Waals surface area (Å²) in [6, 6.07) is 12.3. The minimum absolute atomic E-state index is 0.0648. The molecule has 0 aliphatic rings. The van der Waals surface area contributed by atoms with Crippen LogP contribution in [-0.2, 0) is 13.0 Å². The Labute approximate surface area is 152 Å². The summed E-state index contributed by atoms with van der Waals surface area (Å²) >= 11 is 6.12. The Hall–Kier alpha value is -2.33. The van der Waals surface area contributed by atoms with Crippen molar-refractivity contribution in [3.63, 3.8) is 0 Å². The van der Waals surface area contributed by atoms with Crippen LogP contribution >= 0.6 is 11.6 Å². The molecule has 0 bridgehead atoms. The SMILES string of the molecule is CCCCc1nc(Cl)c(C(=O)O)n1Cc1cccc2c(C)cccc12. The van der Waals surface area contributed by atoms with Crippen LogP contribution in [0.4, 0.5) is 0 Å². The third-order valence-electron chi connectivity index (χ3n) is 4.52. The molecule has 2 aromatic carbocycles. The van der Waals surface area contributed by atoms with Crippen LogP contribution in [0.15, 0.2) is 36.4 Å². The minimum atomic E-state index is -1.04. The van der Waals surface area contributed by atoms with E-state index in [1.54, 1.807) is 4.57 Å². The first kappa shape index (κ1) is 17.5. The highest BCUT2D eigenvalue weighted by molar-refractivity contribution is 6.32. The van der Waals surface area contributed by atoms with E-state index in [0.717, 1.165) is 29.6 Å². The van der Waals surface area contributed by atoms with Crippen LogP contribution in [0, 0.1) is 6.92 Å². The molecular weight excluding hydrogens is 336 g/mol. The van der Waals surface area contributed by atoms with Crippen molar-refractivity contribution in [2.75, 3.05) is 0 Å². The Kier molecular flexibility index (Phi) is 5.09. The summed E-state index contributed by atoms with van der Waals surface area (Å²) < 4.78 is 1.75. The van der Waals surface area contributed by atoms with E-state index in [0.29, 0.717) is 13.0 Å². The third kappa shape index (κ3) is 3.40. The lowest BCUT2D eigenvalue weighted by Gasteiger charge is -2.13. The van der Waals surface area contributed by atoms with Gasteiger partial charge in [-0.15, -0.1) is 0 Å². The zero-order chi connectivity index (χ0) is 18.0. The molecule has 4 nitrogen and oxygen atoms in total. The lowest BCUT2D eigenvalue weighted by molar-refractivity contribution is 0.0685. The predicted octanol–water partition coefficient (Wildman–Crippen LogP) is 5.09. The van der Waals surface area contributed by atoms with Crippen LogP contribution in [0.1, 0.15) is 47.2 Å². The Bertz CT molecular complexity index is 931. The first-order valence-electron chi connectivity index (χ1n) is 8.48. The van der Waals surface area contributed by atoms with Gasteiger partial charge in [0, 0.05) is 6.42 Å². The first-order valence-corrected chi connectivity index (χ1v) is 8.86. The zero-order valence-electron chi connectivity index (χ0n) is 14.4. The van der Waals surface area contributed by atoms with E-state index in [1.165, 1.54) is 10.9 Å². The summed E-state index contributed by atoms with van der Waals surface area (Å²) in [5.74, 6) is -0.314. The van der Waals surface area contributed by atoms with Gasteiger partial charge in [-0.25, -0.2) is 9.78 Å². The van der Waals surface area contributed by atoms with Gasteiger partial charge in [0.15, 0.2) is 10.8 Å². The molecule has 5 heteroatoms. The van der Waals surface area contributed by atoms with Crippen LogP contribution in [0.2, 0.25) is 5.15 Å². The Morgan fingerprint density at radius 2 is 1.92 bits per heavy atom. The van der Waals surface area contributed by atoms with Gasteiger partial charge >= 0.3 is 5.97 Å². The van der Waals surface area contributed by atoms with Gasteiger partial charge in [-0.05, 0) is 35.2 Å². The zero-order valence-corrected chi connectivity index (χ0v) is 15.2. The van der Waals surface area contributed by atoms with Gasteiger partial charge in [0.05, 0.1) is 6.54 Å². The first-order chi connectivity index (χ1) is 12.0. The smallest absolute Gasteiger partial charge is 0.355 e. The lowest BCUT2D eigenvalue weighted by atomic mass is 10.0. The van der Waals surface area contributed by atoms with E-state index in [4.69, 9.17) is 11.6 Å². The Morgan fingerprint density at radius 3 is 2.64 bits per heavy atom. The fourth-order valence-corrected chi connectivity index (χ4v) is 3.49. The number of carbonyl (C=O) groups is 1. The fraction of sp³-hybridized carbons (Fsp3) is 0.300. The van der Waals surface area contributed by atoms with Gasteiger partial charge in [0.25, 0.3) is 0 Å². The highest BCUT2D eigenvalue weighted by Crippen LogP contribution is 2.26. The maximum Gasteiger partial charge on any atom is 0.355 e. The van der Waals surface area contributed by atoms with E-state index >= 15 is 0 Å². The Morgan fingerprint density at radius 1 is 1.20 bits per heavy atom. The van der Waals surface area contributed by atoms with Gasteiger partial charge in [0.2, 0.25) is 0 Å². The number of hydrogen-bond acceptors (Lipinski definition) is 2. The van der Waals surface area contributed by atoms with Crippen LogP contribution in [0.3, 0.4) is 0 Å². The van der Waals surface area contributed by atoms with Crippen molar-refractivity contribution in [2.24, 2.45) is 0 Å². The molecule has 1 heterocycles. The molecule has 0 atom stereocenters. The number of aromatic nitrogens is 2. The van der Waals surface area contributed by atoms with Crippen LogP contribution in [-0.4, -0.2) is 20.6 Å². The van der Waals surface area contributed by atoms with Gasteiger partial charge in [-0.3, -0.25) is 0 Å². The van der Waals surface area contributed by atoms with E-state index in [1.807, 2.05) is 18.2 Å². The molecule has 0 aliphatic carbocycles. The minimum Gasteiger partial charge on any atom is -0.476 e. The second-order valence-corrected chi connectivity index (χ2v) is 6.61. The molecule has 0 unspecified atom stereocenters. The highest BCUT2D eigenvalue weighted by atomic mass is 35.5. The standard InChI is InChI=1S/C20H21ClN2O2/c1-3-4-11-17-22-19(21)18(20(24)25)23(17)12-14-8-6-9-15-13(2)7-5-10-16(14)15/h5-10H,3-4,11-12H2,1-2H3,(H,24,25). The number of carboxylic acid groups (broad SMARTS) is 1. The highest BCUT2D eigenvalue weighted by Gasteiger charge is 2.21. The lowest BCUT2D eigenvalue weighted by Crippen LogP contribution is -2.13. The molecule has 0 spiro atoms. The van der Waals surface area contributed by atoms with Crippen LogP contribution < -0.4 is 0 Å². The molecule has 130 valence electrons. The normalized spacial score (nSPS) is 11.2. The topological polar surface area (TPSA) is 55.1 Å². The van der Waals surface area contributed by atoms with Crippen molar-refractivity contribution in [3.8, 4) is 0 Å². The van der Waals surface area contributed by atoms with E-state index < -0.39 is 5.97 Å². The van der Waals surface area contributed by atoms with Crippen molar-refractivity contribution >= 4 is 28.3 Å². The third-order valence-corrected chi connectivity index (χ3v) is 4.78. The molecule has 0 aliphatic heterocycles. The van der Waals surface area contributed by atoms with Crippen LogP contribution in [0.5, 0.6) is 0 Å². The molecule has 0 fully saturated rings. The number of rotatable bonds is 6. The molecule has 0 saturated heterocycles. The van der Waals surface area contributed by atoms with Crippen molar-refractivity contribution in [3.05, 3.63) is 64.2 Å². The number of unbranched alkanes of at least 4 members (excludes halogenated alkanes) is 1. The summed E-state index contributed by atoms with van der Waals surface area (Å²) in [4.78, 5) is 16.0. The molecule has 1 N–H and O–H groups in total. The molecule has 25 heavy (non-hydrogen) atoms. The number of imidazole rings is 1. The fourth-order valence-electron chi connectivity index (χ4n) is 3.21. The van der Waals surface area contributed by atoms with Crippen molar-refractivity contribution in [1.29, 1.82) is 0 Å². The molecule has 0 radical (unpaired) electrons.